The Bertz CT molecular complexity index is 932. The van der Waals surface area contributed by atoms with Crippen LogP contribution in [-0.4, -0.2) is 35.9 Å². The van der Waals surface area contributed by atoms with Crippen LogP contribution < -0.4 is 5.32 Å². The fraction of sp³-hybridized carbons (Fsp3) is 0.438. The van der Waals surface area contributed by atoms with Crippen LogP contribution in [0.4, 0.5) is 0 Å². The predicted octanol–water partition coefficient (Wildman–Crippen LogP) is 1.80. The average Bonchev–Trinajstić information content (AvgIpc) is 3.13. The van der Waals surface area contributed by atoms with E-state index in [9.17, 15) is 4.79 Å². The first-order chi connectivity index (χ1) is 12.1. The lowest BCUT2D eigenvalue weighted by Gasteiger charge is -2.12. The lowest BCUT2D eigenvalue weighted by Crippen LogP contribution is -2.30. The maximum Gasteiger partial charge on any atom is 0.231 e. The van der Waals surface area contributed by atoms with E-state index < -0.39 is 0 Å². The Hall–Kier alpha value is -2.48. The molecule has 0 saturated heterocycles. The second-order valence-corrected chi connectivity index (χ2v) is 6.64. The van der Waals surface area contributed by atoms with Gasteiger partial charge in [0.15, 0.2) is 5.82 Å². The molecule has 0 spiro atoms. The van der Waals surface area contributed by atoms with Crippen molar-refractivity contribution in [1.82, 2.24) is 35.3 Å². The first kappa shape index (κ1) is 16.0. The highest BCUT2D eigenvalue weighted by molar-refractivity contribution is 6.35. The van der Waals surface area contributed by atoms with Crippen LogP contribution in [0.5, 0.6) is 0 Å². The van der Waals surface area contributed by atoms with E-state index in [2.05, 4.69) is 25.9 Å². The number of amides is 1. The number of nitrogens with zero attached hydrogens (tertiary/aromatic N) is 6. The molecule has 1 aliphatic rings. The molecule has 0 radical (unpaired) electrons. The summed E-state index contributed by atoms with van der Waals surface area (Å²) in [4.78, 5) is 12.7. The summed E-state index contributed by atoms with van der Waals surface area (Å²) in [6.07, 6.45) is 2.68. The number of tetrazole rings is 1. The minimum Gasteiger partial charge on any atom is -0.350 e. The van der Waals surface area contributed by atoms with Crippen molar-refractivity contribution in [3.63, 3.8) is 0 Å². The summed E-state index contributed by atoms with van der Waals surface area (Å²) >= 11 is 6.32. The molecular formula is C16H18ClN7O. The maximum absolute atomic E-state index is 12.7. The number of benzene rings is 1. The van der Waals surface area contributed by atoms with Crippen LogP contribution in [-0.2, 0) is 24.9 Å². The van der Waals surface area contributed by atoms with Gasteiger partial charge in [-0.25, -0.2) is 4.68 Å². The average molecular weight is 360 g/mol. The van der Waals surface area contributed by atoms with Crippen molar-refractivity contribution in [1.29, 1.82) is 0 Å². The van der Waals surface area contributed by atoms with Crippen LogP contribution in [0.15, 0.2) is 18.2 Å². The topological polar surface area (TPSA) is 90.5 Å². The molecule has 3 aromatic rings. The summed E-state index contributed by atoms with van der Waals surface area (Å²) in [6.45, 7) is 1.07. The van der Waals surface area contributed by atoms with Crippen LogP contribution in [0.2, 0.25) is 5.02 Å². The molecule has 0 saturated carbocycles. The third kappa shape index (κ3) is 2.86. The third-order valence-electron chi connectivity index (χ3n) is 4.63. The molecule has 1 N–H and O–H groups in total. The lowest BCUT2D eigenvalue weighted by atomic mass is 10.0. The van der Waals surface area contributed by atoms with Crippen LogP contribution in [0.1, 0.15) is 36.7 Å². The highest BCUT2D eigenvalue weighted by Gasteiger charge is 2.28. The van der Waals surface area contributed by atoms with Gasteiger partial charge in [0, 0.05) is 19.0 Å². The molecule has 1 atom stereocenters. The number of hydrogen-bond acceptors (Lipinski definition) is 5. The number of aryl methyl sites for hydroxylation is 2. The zero-order valence-electron chi connectivity index (χ0n) is 13.8. The highest BCUT2D eigenvalue weighted by Crippen LogP contribution is 2.27. The van der Waals surface area contributed by atoms with E-state index in [1.165, 1.54) is 0 Å². The quantitative estimate of drug-likeness (QED) is 0.770. The summed E-state index contributed by atoms with van der Waals surface area (Å²) in [5.74, 6) is 0.227. The first-order valence-electron chi connectivity index (χ1n) is 8.29. The van der Waals surface area contributed by atoms with Gasteiger partial charge in [0.25, 0.3) is 0 Å². The van der Waals surface area contributed by atoms with Crippen LogP contribution in [0.25, 0.3) is 10.9 Å². The van der Waals surface area contributed by atoms with E-state index >= 15 is 0 Å². The van der Waals surface area contributed by atoms with Gasteiger partial charge < -0.3 is 5.32 Å². The van der Waals surface area contributed by atoms with Gasteiger partial charge >= 0.3 is 0 Å². The molecule has 0 bridgehead atoms. The fourth-order valence-corrected chi connectivity index (χ4v) is 3.66. The molecule has 4 rings (SSSR count). The molecule has 9 heteroatoms. The highest BCUT2D eigenvalue weighted by atomic mass is 35.5. The third-order valence-corrected chi connectivity index (χ3v) is 4.95. The van der Waals surface area contributed by atoms with Crippen LogP contribution in [0, 0.1) is 0 Å². The Kier molecular flexibility index (Phi) is 4.12. The largest absolute Gasteiger partial charge is 0.350 e. The number of nitrogens with one attached hydrogen (secondary N) is 1. The molecule has 8 nitrogen and oxygen atoms in total. The van der Waals surface area contributed by atoms with E-state index in [1.807, 2.05) is 25.2 Å². The van der Waals surface area contributed by atoms with Crippen molar-refractivity contribution in [2.75, 3.05) is 0 Å². The van der Waals surface area contributed by atoms with Gasteiger partial charge in [0.1, 0.15) is 0 Å². The normalized spacial score (nSPS) is 17.3. The van der Waals surface area contributed by atoms with Gasteiger partial charge in [-0.15, -0.1) is 5.10 Å². The van der Waals surface area contributed by atoms with Crippen molar-refractivity contribution in [3.8, 4) is 0 Å². The molecule has 1 aliphatic heterocycles. The van der Waals surface area contributed by atoms with Gasteiger partial charge in [0.05, 0.1) is 28.7 Å². The van der Waals surface area contributed by atoms with Crippen LogP contribution in [0.3, 0.4) is 0 Å². The van der Waals surface area contributed by atoms with Crippen molar-refractivity contribution in [2.24, 2.45) is 7.05 Å². The maximum atomic E-state index is 12.7. The molecule has 1 aromatic carbocycles. The molecule has 2 aromatic heterocycles. The Morgan fingerprint density at radius 3 is 3.16 bits per heavy atom. The number of hydrogen-bond donors (Lipinski definition) is 1. The van der Waals surface area contributed by atoms with Gasteiger partial charge in [-0.2, -0.15) is 5.10 Å². The Labute approximate surface area is 149 Å². The number of halogens is 1. The standard InChI is InChI=1S/C16H18ClN7O/c1-23-13-7-4-6-11(17)14(13)12(20-23)9-18-16(25)10-5-2-3-8-24-15(10)19-21-22-24/h4,6-7,10H,2-3,5,8-9H2,1H3,(H,18,25)/t10-/m0/s1. The SMILES string of the molecule is Cn1nc(CNC(=O)[C@H]2CCCCn3nnnc32)c2c(Cl)cccc21. The van der Waals surface area contributed by atoms with E-state index in [-0.39, 0.29) is 11.8 Å². The van der Waals surface area contributed by atoms with Crippen molar-refractivity contribution in [2.45, 2.75) is 38.3 Å². The summed E-state index contributed by atoms with van der Waals surface area (Å²) < 4.78 is 3.50. The molecule has 1 amide bonds. The molecule has 130 valence electrons. The Morgan fingerprint density at radius 1 is 1.40 bits per heavy atom. The minimum absolute atomic E-state index is 0.0798. The second-order valence-electron chi connectivity index (χ2n) is 6.23. The van der Waals surface area contributed by atoms with Gasteiger partial charge in [-0.3, -0.25) is 9.48 Å². The lowest BCUT2D eigenvalue weighted by molar-refractivity contribution is -0.123. The summed E-state index contributed by atoms with van der Waals surface area (Å²) in [7, 11) is 1.86. The molecule has 0 fully saturated rings. The predicted molar refractivity (Wildman–Crippen MR) is 92.0 cm³/mol. The van der Waals surface area contributed by atoms with E-state index in [1.54, 1.807) is 9.36 Å². The zero-order valence-corrected chi connectivity index (χ0v) is 14.6. The monoisotopic (exact) mass is 359 g/mol. The van der Waals surface area contributed by atoms with E-state index in [4.69, 9.17) is 11.6 Å². The van der Waals surface area contributed by atoms with Crippen molar-refractivity contribution < 1.29 is 4.79 Å². The zero-order chi connectivity index (χ0) is 17.4. The minimum atomic E-state index is -0.331. The van der Waals surface area contributed by atoms with Crippen LogP contribution >= 0.6 is 11.6 Å². The van der Waals surface area contributed by atoms with Gasteiger partial charge in [-0.1, -0.05) is 24.1 Å². The summed E-state index contributed by atoms with van der Waals surface area (Å²) in [5.41, 5.74) is 1.69. The number of carbonyl (C=O) groups excluding carboxylic acids is 1. The number of carbonyl (C=O) groups is 1. The van der Waals surface area contributed by atoms with Gasteiger partial charge in [-0.05, 0) is 35.4 Å². The number of fused-ring (bicyclic) bond motifs is 2. The van der Waals surface area contributed by atoms with Gasteiger partial charge in [0.2, 0.25) is 5.91 Å². The molecule has 25 heavy (non-hydrogen) atoms. The van der Waals surface area contributed by atoms with Crippen molar-refractivity contribution in [3.05, 3.63) is 34.7 Å². The summed E-state index contributed by atoms with van der Waals surface area (Å²) in [6, 6.07) is 5.68. The fourth-order valence-electron chi connectivity index (χ4n) is 3.38. The molecule has 0 aliphatic carbocycles. The number of aromatic nitrogens is 6. The smallest absolute Gasteiger partial charge is 0.231 e. The van der Waals surface area contributed by atoms with E-state index in [0.29, 0.717) is 17.4 Å². The molecule has 3 heterocycles. The van der Waals surface area contributed by atoms with Crippen molar-refractivity contribution >= 4 is 28.4 Å². The molecular weight excluding hydrogens is 342 g/mol. The molecule has 0 unspecified atom stereocenters. The summed E-state index contributed by atoms with van der Waals surface area (Å²) in [5, 5.41) is 20.7. The van der Waals surface area contributed by atoms with E-state index in [0.717, 1.165) is 42.4 Å². The number of rotatable bonds is 3. The second kappa shape index (κ2) is 6.44. The Balaban J connectivity index is 1.55. The Morgan fingerprint density at radius 2 is 2.28 bits per heavy atom. The first-order valence-corrected chi connectivity index (χ1v) is 8.67.